The van der Waals surface area contributed by atoms with Crippen LogP contribution in [-0.4, -0.2) is 16.9 Å². The molecular weight excluding hydrogens is 252 g/mol. The number of aryl methyl sites for hydroxylation is 1. The maximum absolute atomic E-state index is 9.28. The van der Waals surface area contributed by atoms with Crippen molar-refractivity contribution in [2.75, 3.05) is 12.8 Å². The van der Waals surface area contributed by atoms with Crippen LogP contribution < -0.4 is 10.5 Å². The number of nitrogen functional groups attached to an aromatic ring is 1. The van der Waals surface area contributed by atoms with Gasteiger partial charge < -0.3 is 10.5 Å². The lowest BCUT2D eigenvalue weighted by Gasteiger charge is -2.10. The molecule has 2 rings (SSSR count). The molecule has 5 heteroatoms. The molecule has 1 heterocycles. The van der Waals surface area contributed by atoms with Gasteiger partial charge in [-0.25, -0.2) is 4.68 Å². The highest BCUT2D eigenvalue weighted by atomic mass is 16.5. The van der Waals surface area contributed by atoms with Crippen LogP contribution in [0.25, 0.3) is 5.69 Å². The lowest BCUT2D eigenvalue weighted by molar-refractivity contribution is 0.414. The van der Waals surface area contributed by atoms with E-state index in [0.29, 0.717) is 22.7 Å². The second kappa shape index (κ2) is 5.66. The number of methoxy groups -OCH3 is 1. The van der Waals surface area contributed by atoms with Gasteiger partial charge in [-0.1, -0.05) is 13.8 Å². The van der Waals surface area contributed by atoms with Crippen molar-refractivity contribution in [2.24, 2.45) is 0 Å². The van der Waals surface area contributed by atoms with E-state index in [9.17, 15) is 5.26 Å². The van der Waals surface area contributed by atoms with Crippen molar-refractivity contribution in [1.82, 2.24) is 9.78 Å². The third-order valence-corrected chi connectivity index (χ3v) is 3.32. The molecule has 2 N–H and O–H groups in total. The molecule has 0 fully saturated rings. The summed E-state index contributed by atoms with van der Waals surface area (Å²) in [5, 5.41) is 13.8. The van der Waals surface area contributed by atoms with Gasteiger partial charge in [-0.15, -0.1) is 0 Å². The molecule has 0 amide bonds. The van der Waals surface area contributed by atoms with Crippen LogP contribution in [-0.2, 0) is 12.8 Å². The minimum atomic E-state index is 0.547. The monoisotopic (exact) mass is 270 g/mol. The van der Waals surface area contributed by atoms with Crippen molar-refractivity contribution in [3.63, 3.8) is 0 Å². The second-order valence-corrected chi connectivity index (χ2v) is 4.42. The molecule has 0 atom stereocenters. The van der Waals surface area contributed by atoms with Crippen molar-refractivity contribution in [1.29, 1.82) is 5.26 Å². The maximum atomic E-state index is 9.28. The Morgan fingerprint density at radius 2 is 2.10 bits per heavy atom. The fraction of sp³-hybridized carbons (Fsp3) is 0.333. The highest BCUT2D eigenvalue weighted by Gasteiger charge is 2.16. The topological polar surface area (TPSA) is 76.9 Å². The third-order valence-electron chi connectivity index (χ3n) is 3.32. The van der Waals surface area contributed by atoms with Crippen molar-refractivity contribution in [3.8, 4) is 17.5 Å². The standard InChI is InChI=1S/C15H18N4O/c1-4-12-15(17)13(5-2)19(18-12)14-8-11(20-3)7-6-10(14)9-16/h6-8H,4-5,17H2,1-3H3. The van der Waals surface area contributed by atoms with Crippen molar-refractivity contribution in [2.45, 2.75) is 26.7 Å². The Labute approximate surface area is 118 Å². The van der Waals surface area contributed by atoms with Crippen LogP contribution in [0.1, 0.15) is 30.8 Å². The van der Waals surface area contributed by atoms with Gasteiger partial charge in [0.05, 0.1) is 35.4 Å². The number of nitriles is 1. The molecule has 0 bridgehead atoms. The minimum absolute atomic E-state index is 0.547. The van der Waals surface area contributed by atoms with Crippen molar-refractivity contribution < 1.29 is 4.74 Å². The normalized spacial score (nSPS) is 10.3. The Hall–Kier alpha value is -2.48. The molecule has 0 unspecified atom stereocenters. The van der Waals surface area contributed by atoms with E-state index in [1.165, 1.54) is 0 Å². The SMILES string of the molecule is CCc1nn(-c2cc(OC)ccc2C#N)c(CC)c1N. The number of ether oxygens (including phenoxy) is 1. The molecule has 0 aliphatic heterocycles. The van der Waals surface area contributed by atoms with Crippen molar-refractivity contribution >= 4 is 5.69 Å². The van der Waals surface area contributed by atoms with E-state index in [2.05, 4.69) is 11.2 Å². The van der Waals surface area contributed by atoms with Crippen LogP contribution >= 0.6 is 0 Å². The van der Waals surface area contributed by atoms with Gasteiger partial charge in [0.25, 0.3) is 0 Å². The smallest absolute Gasteiger partial charge is 0.121 e. The predicted molar refractivity (Wildman–Crippen MR) is 78.0 cm³/mol. The third kappa shape index (κ3) is 2.21. The molecule has 0 saturated heterocycles. The first-order valence-electron chi connectivity index (χ1n) is 6.60. The van der Waals surface area contributed by atoms with Crippen LogP contribution in [0, 0.1) is 11.3 Å². The average molecular weight is 270 g/mol. The van der Waals surface area contributed by atoms with Crippen LogP contribution in [0.5, 0.6) is 5.75 Å². The van der Waals surface area contributed by atoms with E-state index in [1.54, 1.807) is 23.9 Å². The average Bonchev–Trinajstić information content (AvgIpc) is 2.82. The summed E-state index contributed by atoms with van der Waals surface area (Å²) in [6.07, 6.45) is 1.51. The molecule has 1 aromatic heterocycles. The first-order valence-corrected chi connectivity index (χ1v) is 6.60. The molecule has 5 nitrogen and oxygen atoms in total. The number of rotatable bonds is 4. The van der Waals surface area contributed by atoms with E-state index in [1.807, 2.05) is 19.9 Å². The van der Waals surface area contributed by atoms with Crippen LogP contribution in [0.2, 0.25) is 0 Å². The Morgan fingerprint density at radius 1 is 1.35 bits per heavy atom. The number of aromatic nitrogens is 2. The van der Waals surface area contributed by atoms with Gasteiger partial charge in [0.15, 0.2) is 0 Å². The van der Waals surface area contributed by atoms with Gasteiger partial charge >= 0.3 is 0 Å². The Balaban J connectivity index is 2.70. The van der Waals surface area contributed by atoms with Gasteiger partial charge in [-0.05, 0) is 25.0 Å². The summed E-state index contributed by atoms with van der Waals surface area (Å²) in [6.45, 7) is 4.04. The zero-order valence-corrected chi connectivity index (χ0v) is 12.0. The first kappa shape index (κ1) is 13.9. The van der Waals surface area contributed by atoms with Crippen molar-refractivity contribution in [3.05, 3.63) is 35.2 Å². The van der Waals surface area contributed by atoms with Crippen LogP contribution in [0.4, 0.5) is 5.69 Å². The highest BCUT2D eigenvalue weighted by Crippen LogP contribution is 2.26. The molecular formula is C15H18N4O. The first-order chi connectivity index (χ1) is 9.65. The number of nitrogens with two attached hydrogens (primary N) is 1. The summed E-state index contributed by atoms with van der Waals surface area (Å²) in [4.78, 5) is 0. The van der Waals surface area contributed by atoms with E-state index in [-0.39, 0.29) is 0 Å². The molecule has 20 heavy (non-hydrogen) atoms. The second-order valence-electron chi connectivity index (χ2n) is 4.42. The summed E-state index contributed by atoms with van der Waals surface area (Å²) in [5.41, 5.74) is 9.87. The Kier molecular flexibility index (Phi) is 3.94. The molecule has 0 aliphatic rings. The molecule has 1 aromatic carbocycles. The van der Waals surface area contributed by atoms with E-state index >= 15 is 0 Å². The van der Waals surface area contributed by atoms with E-state index in [0.717, 1.165) is 24.2 Å². The molecule has 0 aliphatic carbocycles. The Morgan fingerprint density at radius 3 is 2.65 bits per heavy atom. The van der Waals surface area contributed by atoms with E-state index in [4.69, 9.17) is 10.5 Å². The molecule has 0 radical (unpaired) electrons. The summed E-state index contributed by atoms with van der Waals surface area (Å²) >= 11 is 0. The summed E-state index contributed by atoms with van der Waals surface area (Å²) in [5.74, 6) is 0.688. The summed E-state index contributed by atoms with van der Waals surface area (Å²) in [6, 6.07) is 7.49. The van der Waals surface area contributed by atoms with E-state index < -0.39 is 0 Å². The molecule has 0 saturated carbocycles. The number of anilines is 1. The summed E-state index contributed by atoms with van der Waals surface area (Å²) in [7, 11) is 1.60. The molecule has 0 spiro atoms. The number of benzene rings is 1. The fourth-order valence-electron chi connectivity index (χ4n) is 2.22. The zero-order chi connectivity index (χ0) is 14.7. The quantitative estimate of drug-likeness (QED) is 0.925. The summed E-state index contributed by atoms with van der Waals surface area (Å²) < 4.78 is 6.99. The van der Waals surface area contributed by atoms with Gasteiger partial charge in [0.1, 0.15) is 11.8 Å². The zero-order valence-electron chi connectivity index (χ0n) is 12.0. The molecule has 104 valence electrons. The van der Waals surface area contributed by atoms with Gasteiger partial charge in [0, 0.05) is 6.07 Å². The number of hydrogen-bond donors (Lipinski definition) is 1. The predicted octanol–water partition coefficient (Wildman–Crippen LogP) is 2.46. The minimum Gasteiger partial charge on any atom is -0.497 e. The maximum Gasteiger partial charge on any atom is 0.121 e. The molecule has 2 aromatic rings. The fourth-order valence-corrected chi connectivity index (χ4v) is 2.22. The lowest BCUT2D eigenvalue weighted by Crippen LogP contribution is -2.05. The number of hydrogen-bond acceptors (Lipinski definition) is 4. The Bertz CT molecular complexity index is 667. The van der Waals surface area contributed by atoms with Gasteiger partial charge in [0.2, 0.25) is 0 Å². The van der Waals surface area contributed by atoms with Crippen LogP contribution in [0.15, 0.2) is 18.2 Å². The van der Waals surface area contributed by atoms with Gasteiger partial charge in [-0.3, -0.25) is 0 Å². The lowest BCUT2D eigenvalue weighted by atomic mass is 10.1. The largest absolute Gasteiger partial charge is 0.497 e. The van der Waals surface area contributed by atoms with Gasteiger partial charge in [-0.2, -0.15) is 10.4 Å². The highest BCUT2D eigenvalue weighted by molar-refractivity contribution is 5.57. The van der Waals surface area contributed by atoms with Crippen LogP contribution in [0.3, 0.4) is 0 Å². The number of nitrogens with zero attached hydrogens (tertiary/aromatic N) is 3.